The van der Waals surface area contributed by atoms with E-state index < -0.39 is 15.8 Å². The maximum Gasteiger partial charge on any atom is 0.341 e. The summed E-state index contributed by atoms with van der Waals surface area (Å²) in [4.78, 5) is 17.7. The van der Waals surface area contributed by atoms with Crippen LogP contribution in [0.15, 0.2) is 6.20 Å². The summed E-state index contributed by atoms with van der Waals surface area (Å²) in [6.45, 7) is 0. The lowest BCUT2D eigenvalue weighted by Crippen LogP contribution is -2.11. The van der Waals surface area contributed by atoms with Crippen molar-refractivity contribution < 1.29 is 18.3 Å². The highest BCUT2D eigenvalue weighted by atomic mass is 32.2. The molecule has 0 aromatic carbocycles. The average molecular weight is 231 g/mol. The third kappa shape index (κ3) is 3.17. The molecule has 8 heteroatoms. The first-order valence-electron chi connectivity index (χ1n) is 3.82. The molecule has 1 aromatic heterocycles. The number of aromatic nitrogens is 2. The lowest BCUT2D eigenvalue weighted by atomic mass is 10.3. The summed E-state index contributed by atoms with van der Waals surface area (Å²) in [5, 5.41) is 8.61. The van der Waals surface area contributed by atoms with Gasteiger partial charge in [0, 0.05) is 12.5 Å². The Morgan fingerprint density at radius 2 is 2.20 bits per heavy atom. The Bertz CT molecular complexity index is 497. The molecule has 15 heavy (non-hydrogen) atoms. The van der Waals surface area contributed by atoms with Crippen molar-refractivity contribution >= 4 is 21.6 Å². The van der Waals surface area contributed by atoms with E-state index in [1.54, 1.807) is 0 Å². The van der Waals surface area contributed by atoms with E-state index in [0.717, 1.165) is 12.5 Å². The topological polar surface area (TPSA) is 123 Å². The molecule has 0 aliphatic heterocycles. The molecule has 0 atom stereocenters. The van der Waals surface area contributed by atoms with E-state index >= 15 is 0 Å². The summed E-state index contributed by atoms with van der Waals surface area (Å²) in [5.74, 6) is -1.87. The zero-order chi connectivity index (χ0) is 11.6. The molecule has 0 radical (unpaired) electrons. The van der Waals surface area contributed by atoms with Gasteiger partial charge in [-0.1, -0.05) is 0 Å². The summed E-state index contributed by atoms with van der Waals surface area (Å²) >= 11 is 0. The number of carboxylic acids is 1. The molecule has 0 spiro atoms. The summed E-state index contributed by atoms with van der Waals surface area (Å²) in [6.07, 6.45) is 2.02. The maximum absolute atomic E-state index is 10.9. The second kappa shape index (κ2) is 3.81. The summed E-state index contributed by atoms with van der Waals surface area (Å²) in [5.41, 5.74) is 5.07. The van der Waals surface area contributed by atoms with Crippen LogP contribution in [0.4, 0.5) is 5.82 Å². The Morgan fingerprint density at radius 3 is 2.60 bits per heavy atom. The van der Waals surface area contributed by atoms with Crippen molar-refractivity contribution in [3.8, 4) is 0 Å². The van der Waals surface area contributed by atoms with Gasteiger partial charge in [0.05, 0.1) is 0 Å². The SMILES string of the molecule is CS(=O)(=O)Cc1ncc(C(=O)O)c(N)n1. The molecule has 0 aliphatic rings. The minimum absolute atomic E-state index is 0.0139. The molecule has 0 saturated heterocycles. The van der Waals surface area contributed by atoms with Crippen molar-refractivity contribution in [3.63, 3.8) is 0 Å². The van der Waals surface area contributed by atoms with Gasteiger partial charge in [-0.15, -0.1) is 0 Å². The van der Waals surface area contributed by atoms with Gasteiger partial charge in [-0.05, 0) is 0 Å². The number of anilines is 1. The van der Waals surface area contributed by atoms with Crippen molar-refractivity contribution in [2.24, 2.45) is 0 Å². The number of nitrogens with zero attached hydrogens (tertiary/aromatic N) is 2. The van der Waals surface area contributed by atoms with Gasteiger partial charge in [0.25, 0.3) is 0 Å². The van der Waals surface area contributed by atoms with Crippen LogP contribution < -0.4 is 5.73 Å². The van der Waals surface area contributed by atoms with Gasteiger partial charge in [-0.25, -0.2) is 23.2 Å². The molecule has 0 fully saturated rings. The first-order chi connectivity index (χ1) is 6.79. The Balaban J connectivity index is 3.07. The monoisotopic (exact) mass is 231 g/mol. The maximum atomic E-state index is 10.9. The minimum atomic E-state index is -3.26. The molecule has 1 rings (SSSR count). The van der Waals surface area contributed by atoms with Gasteiger partial charge in [-0.2, -0.15) is 0 Å². The molecule has 0 aliphatic carbocycles. The number of sulfone groups is 1. The van der Waals surface area contributed by atoms with E-state index in [2.05, 4.69) is 9.97 Å². The van der Waals surface area contributed by atoms with Crippen LogP contribution in [0.5, 0.6) is 0 Å². The van der Waals surface area contributed by atoms with E-state index in [0.29, 0.717) is 0 Å². The predicted octanol–water partition coefficient (Wildman–Crippen LogP) is -0.698. The average Bonchev–Trinajstić information content (AvgIpc) is 1.99. The molecule has 82 valence electrons. The van der Waals surface area contributed by atoms with Gasteiger partial charge in [-0.3, -0.25) is 0 Å². The van der Waals surface area contributed by atoms with Crippen LogP contribution in [0, 0.1) is 0 Å². The second-order valence-electron chi connectivity index (χ2n) is 2.96. The molecule has 0 amide bonds. The van der Waals surface area contributed by atoms with Gasteiger partial charge in [0.1, 0.15) is 23.0 Å². The van der Waals surface area contributed by atoms with Crippen molar-refractivity contribution in [2.45, 2.75) is 5.75 Å². The third-order valence-electron chi connectivity index (χ3n) is 1.49. The third-order valence-corrected chi connectivity index (χ3v) is 2.27. The largest absolute Gasteiger partial charge is 0.477 e. The fraction of sp³-hybridized carbons (Fsp3) is 0.286. The standard InChI is InChI=1S/C7H9N3O4S/c1-15(13,14)3-5-9-2-4(7(11)12)6(8)10-5/h2H,3H2,1H3,(H,11,12)(H2,8,9,10). The predicted molar refractivity (Wildman–Crippen MR) is 52.0 cm³/mol. The number of hydrogen-bond donors (Lipinski definition) is 2. The molecule has 1 heterocycles. The number of carbonyl (C=O) groups is 1. The zero-order valence-electron chi connectivity index (χ0n) is 7.84. The summed E-state index contributed by atoms with van der Waals surface area (Å²) in [6, 6.07) is 0. The lowest BCUT2D eigenvalue weighted by molar-refractivity contribution is 0.0697. The number of nitrogen functional groups attached to an aromatic ring is 1. The quantitative estimate of drug-likeness (QED) is 0.704. The Kier molecular flexibility index (Phi) is 2.89. The minimum Gasteiger partial charge on any atom is -0.477 e. The van der Waals surface area contributed by atoms with Crippen LogP contribution in [0.2, 0.25) is 0 Å². The van der Waals surface area contributed by atoms with E-state index in [4.69, 9.17) is 10.8 Å². The molecule has 0 bridgehead atoms. The van der Waals surface area contributed by atoms with Crippen molar-refractivity contribution in [1.29, 1.82) is 0 Å². The van der Waals surface area contributed by atoms with Crippen LogP contribution in [0.25, 0.3) is 0 Å². The van der Waals surface area contributed by atoms with Crippen molar-refractivity contribution in [1.82, 2.24) is 9.97 Å². The first-order valence-corrected chi connectivity index (χ1v) is 5.88. The highest BCUT2D eigenvalue weighted by Gasteiger charge is 2.13. The van der Waals surface area contributed by atoms with Gasteiger partial charge in [0.2, 0.25) is 0 Å². The Hall–Kier alpha value is -1.70. The first kappa shape index (κ1) is 11.4. The smallest absolute Gasteiger partial charge is 0.341 e. The molecule has 3 N–H and O–H groups in total. The van der Waals surface area contributed by atoms with Crippen molar-refractivity contribution in [3.05, 3.63) is 17.6 Å². The van der Waals surface area contributed by atoms with E-state index in [1.807, 2.05) is 0 Å². The fourth-order valence-corrected chi connectivity index (χ4v) is 1.51. The van der Waals surface area contributed by atoms with Gasteiger partial charge >= 0.3 is 5.97 Å². The zero-order valence-corrected chi connectivity index (χ0v) is 8.65. The van der Waals surface area contributed by atoms with Gasteiger partial charge < -0.3 is 10.8 Å². The Morgan fingerprint density at radius 1 is 1.60 bits per heavy atom. The normalized spacial score (nSPS) is 11.3. The summed E-state index contributed by atoms with van der Waals surface area (Å²) in [7, 11) is -3.26. The number of carboxylic acid groups (broad SMARTS) is 1. The number of hydrogen-bond acceptors (Lipinski definition) is 6. The van der Waals surface area contributed by atoms with E-state index in [9.17, 15) is 13.2 Å². The molecule has 0 unspecified atom stereocenters. The Labute approximate surface area is 85.9 Å². The number of nitrogens with two attached hydrogens (primary N) is 1. The van der Waals surface area contributed by atoms with Crippen molar-refractivity contribution in [2.75, 3.05) is 12.0 Å². The molecule has 7 nitrogen and oxygen atoms in total. The highest BCUT2D eigenvalue weighted by Crippen LogP contribution is 2.08. The molecule has 0 saturated carbocycles. The van der Waals surface area contributed by atoms with E-state index in [1.165, 1.54) is 0 Å². The number of rotatable bonds is 3. The van der Waals surface area contributed by atoms with Crippen LogP contribution >= 0.6 is 0 Å². The second-order valence-corrected chi connectivity index (χ2v) is 5.10. The van der Waals surface area contributed by atoms with Crippen LogP contribution in [-0.4, -0.2) is 35.7 Å². The summed E-state index contributed by atoms with van der Waals surface area (Å²) < 4.78 is 21.8. The van der Waals surface area contributed by atoms with Crippen LogP contribution in [0.3, 0.4) is 0 Å². The lowest BCUT2D eigenvalue weighted by Gasteiger charge is -2.01. The highest BCUT2D eigenvalue weighted by molar-refractivity contribution is 7.89. The van der Waals surface area contributed by atoms with Gasteiger partial charge in [0.15, 0.2) is 9.84 Å². The van der Waals surface area contributed by atoms with Crippen LogP contribution in [-0.2, 0) is 15.6 Å². The molecular formula is C7H9N3O4S. The van der Waals surface area contributed by atoms with E-state index in [-0.39, 0.29) is 23.0 Å². The number of aromatic carboxylic acids is 1. The fourth-order valence-electron chi connectivity index (χ4n) is 0.902. The van der Waals surface area contributed by atoms with Crippen LogP contribution in [0.1, 0.15) is 16.2 Å². The molecular weight excluding hydrogens is 222 g/mol. The molecule has 1 aromatic rings.